The van der Waals surface area contributed by atoms with Gasteiger partial charge in [0.05, 0.1) is 0 Å². The lowest BCUT2D eigenvalue weighted by molar-refractivity contribution is 0.971. The molecule has 0 heteroatoms. The van der Waals surface area contributed by atoms with Crippen LogP contribution < -0.4 is 0 Å². The minimum absolute atomic E-state index is 0.476. The van der Waals surface area contributed by atoms with Crippen LogP contribution in [0, 0.1) is 5.92 Å². The fourth-order valence-corrected chi connectivity index (χ4v) is 1.87. The highest BCUT2D eigenvalue weighted by atomic mass is 14.2. The highest BCUT2D eigenvalue weighted by molar-refractivity contribution is 5.75. The molecule has 1 aromatic carbocycles. The van der Waals surface area contributed by atoms with Crippen LogP contribution in [0.4, 0.5) is 0 Å². The Kier molecular flexibility index (Phi) is 2.05. The molecule has 0 heterocycles. The van der Waals surface area contributed by atoms with Crippen molar-refractivity contribution in [2.75, 3.05) is 0 Å². The standard InChI is InChI=1S/C13H14/c1-3-10(2)12-9-8-11-6-4-5-7-13(11)12/h3-7,9-10H,1,8H2,2H3/t10-/m0/s1. The third-order valence-electron chi connectivity index (χ3n) is 2.71. The molecule has 66 valence electrons. The number of allylic oxidation sites excluding steroid dienone is 3. The zero-order valence-corrected chi connectivity index (χ0v) is 7.96. The van der Waals surface area contributed by atoms with Gasteiger partial charge in [0.1, 0.15) is 0 Å². The van der Waals surface area contributed by atoms with Crippen LogP contribution in [0.1, 0.15) is 18.1 Å². The van der Waals surface area contributed by atoms with Crippen molar-refractivity contribution in [2.24, 2.45) is 5.92 Å². The zero-order valence-electron chi connectivity index (χ0n) is 7.96. The number of benzene rings is 1. The lowest BCUT2D eigenvalue weighted by atomic mass is 9.96. The van der Waals surface area contributed by atoms with E-state index in [-0.39, 0.29) is 0 Å². The van der Waals surface area contributed by atoms with Crippen molar-refractivity contribution >= 4 is 5.57 Å². The van der Waals surface area contributed by atoms with Crippen LogP contribution in [-0.4, -0.2) is 0 Å². The SMILES string of the molecule is C=C[C@H](C)C1=CCc2ccccc21. The Morgan fingerprint density at radius 2 is 2.15 bits per heavy atom. The highest BCUT2D eigenvalue weighted by Crippen LogP contribution is 2.32. The molecule has 0 saturated heterocycles. The fraction of sp³-hybridized carbons (Fsp3) is 0.231. The lowest BCUT2D eigenvalue weighted by Gasteiger charge is -2.09. The summed E-state index contributed by atoms with van der Waals surface area (Å²) in [5, 5.41) is 0. The first kappa shape index (κ1) is 8.31. The van der Waals surface area contributed by atoms with E-state index in [0.29, 0.717) is 5.92 Å². The number of hydrogen-bond donors (Lipinski definition) is 0. The summed E-state index contributed by atoms with van der Waals surface area (Å²) in [6, 6.07) is 8.62. The van der Waals surface area contributed by atoms with Gasteiger partial charge in [-0.1, -0.05) is 43.3 Å². The Morgan fingerprint density at radius 3 is 2.92 bits per heavy atom. The second-order valence-corrected chi connectivity index (χ2v) is 3.55. The summed E-state index contributed by atoms with van der Waals surface area (Å²) < 4.78 is 0. The van der Waals surface area contributed by atoms with Crippen LogP contribution in [0.15, 0.2) is 43.0 Å². The molecule has 1 aliphatic rings. The van der Waals surface area contributed by atoms with E-state index in [4.69, 9.17) is 0 Å². The predicted octanol–water partition coefficient (Wildman–Crippen LogP) is 3.45. The van der Waals surface area contributed by atoms with Crippen molar-refractivity contribution in [1.29, 1.82) is 0 Å². The normalized spacial score (nSPS) is 16.2. The maximum Gasteiger partial charge on any atom is -0.00101 e. The number of fused-ring (bicyclic) bond motifs is 1. The smallest absolute Gasteiger partial charge is 0.00101 e. The molecule has 0 amide bonds. The summed E-state index contributed by atoms with van der Waals surface area (Å²) in [4.78, 5) is 0. The van der Waals surface area contributed by atoms with E-state index >= 15 is 0 Å². The number of hydrogen-bond acceptors (Lipinski definition) is 0. The molecular weight excluding hydrogens is 156 g/mol. The van der Waals surface area contributed by atoms with E-state index in [2.05, 4.69) is 43.8 Å². The molecule has 0 radical (unpaired) electrons. The minimum atomic E-state index is 0.476. The molecule has 13 heavy (non-hydrogen) atoms. The Labute approximate surface area is 79.6 Å². The summed E-state index contributed by atoms with van der Waals surface area (Å²) in [7, 11) is 0. The van der Waals surface area contributed by atoms with E-state index in [1.165, 1.54) is 16.7 Å². The molecule has 0 saturated carbocycles. The number of rotatable bonds is 2. The molecule has 0 aromatic heterocycles. The topological polar surface area (TPSA) is 0 Å². The van der Waals surface area contributed by atoms with Crippen LogP contribution in [0.25, 0.3) is 5.57 Å². The van der Waals surface area contributed by atoms with E-state index in [1.54, 1.807) is 0 Å². The van der Waals surface area contributed by atoms with Crippen LogP contribution in [0.5, 0.6) is 0 Å². The Balaban J connectivity index is 2.41. The maximum atomic E-state index is 3.84. The van der Waals surface area contributed by atoms with Gasteiger partial charge in [0.15, 0.2) is 0 Å². The van der Waals surface area contributed by atoms with Gasteiger partial charge in [-0.25, -0.2) is 0 Å². The fourth-order valence-electron chi connectivity index (χ4n) is 1.87. The Morgan fingerprint density at radius 1 is 1.38 bits per heavy atom. The average Bonchev–Trinajstić information content (AvgIpc) is 2.60. The summed E-state index contributed by atoms with van der Waals surface area (Å²) in [5.41, 5.74) is 4.30. The van der Waals surface area contributed by atoms with Crippen molar-refractivity contribution in [3.05, 3.63) is 54.1 Å². The maximum absolute atomic E-state index is 3.84. The summed E-state index contributed by atoms with van der Waals surface area (Å²) in [5.74, 6) is 0.476. The molecule has 0 fully saturated rings. The third kappa shape index (κ3) is 1.33. The van der Waals surface area contributed by atoms with Gasteiger partial charge in [-0.05, 0) is 29.0 Å². The molecular formula is C13H14. The van der Waals surface area contributed by atoms with Crippen molar-refractivity contribution in [2.45, 2.75) is 13.3 Å². The van der Waals surface area contributed by atoms with Gasteiger partial charge in [-0.2, -0.15) is 0 Å². The minimum Gasteiger partial charge on any atom is -0.102 e. The Hall–Kier alpha value is -1.30. The quantitative estimate of drug-likeness (QED) is 0.596. The van der Waals surface area contributed by atoms with Crippen molar-refractivity contribution in [3.8, 4) is 0 Å². The summed E-state index contributed by atoms with van der Waals surface area (Å²) in [6.45, 7) is 6.03. The molecule has 0 spiro atoms. The Bertz CT molecular complexity index is 358. The highest BCUT2D eigenvalue weighted by Gasteiger charge is 2.15. The van der Waals surface area contributed by atoms with E-state index < -0.39 is 0 Å². The molecule has 0 unspecified atom stereocenters. The monoisotopic (exact) mass is 170 g/mol. The molecule has 0 N–H and O–H groups in total. The van der Waals surface area contributed by atoms with E-state index in [1.807, 2.05) is 6.08 Å². The average molecular weight is 170 g/mol. The predicted molar refractivity (Wildman–Crippen MR) is 57.5 cm³/mol. The lowest BCUT2D eigenvalue weighted by Crippen LogP contribution is -1.92. The van der Waals surface area contributed by atoms with Crippen molar-refractivity contribution in [3.63, 3.8) is 0 Å². The van der Waals surface area contributed by atoms with Crippen molar-refractivity contribution in [1.82, 2.24) is 0 Å². The van der Waals surface area contributed by atoms with Gasteiger partial charge in [-0.15, -0.1) is 6.58 Å². The van der Waals surface area contributed by atoms with Crippen molar-refractivity contribution < 1.29 is 0 Å². The molecule has 2 rings (SSSR count). The third-order valence-corrected chi connectivity index (χ3v) is 2.71. The second kappa shape index (κ2) is 3.21. The van der Waals surface area contributed by atoms with Crippen LogP contribution in [-0.2, 0) is 6.42 Å². The van der Waals surface area contributed by atoms with E-state index in [9.17, 15) is 0 Å². The van der Waals surface area contributed by atoms with Crippen LogP contribution >= 0.6 is 0 Å². The molecule has 0 bridgehead atoms. The van der Waals surface area contributed by atoms with Gasteiger partial charge in [-0.3, -0.25) is 0 Å². The second-order valence-electron chi connectivity index (χ2n) is 3.55. The molecule has 1 atom stereocenters. The summed E-state index contributed by atoms with van der Waals surface area (Å²) >= 11 is 0. The first-order valence-corrected chi connectivity index (χ1v) is 4.74. The van der Waals surface area contributed by atoms with Gasteiger partial charge >= 0.3 is 0 Å². The van der Waals surface area contributed by atoms with Crippen LogP contribution in [0.2, 0.25) is 0 Å². The largest absolute Gasteiger partial charge is 0.102 e. The van der Waals surface area contributed by atoms with Gasteiger partial charge < -0.3 is 0 Å². The van der Waals surface area contributed by atoms with Gasteiger partial charge in [0, 0.05) is 0 Å². The van der Waals surface area contributed by atoms with E-state index in [0.717, 1.165) is 6.42 Å². The van der Waals surface area contributed by atoms with Gasteiger partial charge in [0.25, 0.3) is 0 Å². The summed E-state index contributed by atoms with van der Waals surface area (Å²) in [6.07, 6.45) is 5.41. The van der Waals surface area contributed by atoms with Crippen LogP contribution in [0.3, 0.4) is 0 Å². The zero-order chi connectivity index (χ0) is 9.26. The molecule has 0 aliphatic heterocycles. The molecule has 0 nitrogen and oxygen atoms in total. The first-order chi connectivity index (χ1) is 6.33. The molecule has 1 aromatic rings. The first-order valence-electron chi connectivity index (χ1n) is 4.74. The van der Waals surface area contributed by atoms with Gasteiger partial charge in [0.2, 0.25) is 0 Å². The molecule has 1 aliphatic carbocycles.